The minimum atomic E-state index is 0. The van der Waals surface area contributed by atoms with Crippen molar-refractivity contribution in [2.75, 3.05) is 0 Å². The smallest absolute Gasteiger partial charge is 0 e. The summed E-state index contributed by atoms with van der Waals surface area (Å²) >= 11 is 0. The van der Waals surface area contributed by atoms with Crippen LogP contribution in [-0.2, 0) is 58.9 Å². The van der Waals surface area contributed by atoms with Crippen LogP contribution in [0.3, 0.4) is 0 Å². The quantitative estimate of drug-likeness (QED) is 0.521. The van der Waals surface area contributed by atoms with Gasteiger partial charge in [-0.1, -0.05) is 0 Å². The fourth-order valence-corrected chi connectivity index (χ4v) is 0. The second-order valence-electron chi connectivity index (χ2n) is 0. The van der Waals surface area contributed by atoms with Crippen molar-refractivity contribution in [3.63, 3.8) is 0 Å². The van der Waals surface area contributed by atoms with Crippen molar-refractivity contribution in [1.29, 1.82) is 0 Å². The fourth-order valence-electron chi connectivity index (χ4n) is 0. The molecular weight excluding hydrogens is 261 g/mol. The van der Waals surface area contributed by atoms with Crippen molar-refractivity contribution < 1.29 is 58.9 Å². The monoisotopic (exact) mass is 258 g/mol. The minimum absolute atomic E-state index is 0. The summed E-state index contributed by atoms with van der Waals surface area (Å²) in [4.78, 5) is 0. The molecule has 0 amide bonds. The third-order valence-electron chi connectivity index (χ3n) is 0. The summed E-state index contributed by atoms with van der Waals surface area (Å²) in [7, 11) is 0. The van der Waals surface area contributed by atoms with E-state index in [1.54, 1.807) is 0 Å². The first-order valence-corrected chi connectivity index (χ1v) is 0. The van der Waals surface area contributed by atoms with Crippen LogP contribution in [0.25, 0.3) is 0 Å². The zero-order valence-electron chi connectivity index (χ0n) is 2.02. The van der Waals surface area contributed by atoms with Gasteiger partial charge in [0.05, 0.1) is 0 Å². The number of hydrogen-bond acceptors (Lipinski definition) is 0. The molecular formula is AgCuMgZn. The Balaban J connectivity index is 0. The molecule has 0 unspecified atom stereocenters. The van der Waals surface area contributed by atoms with Gasteiger partial charge in [0.1, 0.15) is 0 Å². The molecule has 4 heavy (non-hydrogen) atoms. The molecule has 0 aliphatic heterocycles. The van der Waals surface area contributed by atoms with Crippen LogP contribution < -0.4 is 0 Å². The van der Waals surface area contributed by atoms with Gasteiger partial charge < -0.3 is 0 Å². The first kappa shape index (κ1) is 30.2. The van der Waals surface area contributed by atoms with E-state index < -0.39 is 0 Å². The molecule has 4 radical (unpaired) electrons. The van der Waals surface area contributed by atoms with E-state index >= 15 is 0 Å². The van der Waals surface area contributed by atoms with E-state index in [4.69, 9.17) is 0 Å². The van der Waals surface area contributed by atoms with Gasteiger partial charge in [0.25, 0.3) is 0 Å². The van der Waals surface area contributed by atoms with Gasteiger partial charge in [0, 0.05) is 82.0 Å². The standard InChI is InChI=1S/Ag.Cu.Mg.Zn. The van der Waals surface area contributed by atoms with Gasteiger partial charge in [-0.2, -0.15) is 0 Å². The van der Waals surface area contributed by atoms with Crippen molar-refractivity contribution >= 4 is 23.1 Å². The van der Waals surface area contributed by atoms with Crippen LogP contribution in [0.1, 0.15) is 0 Å². The molecule has 26 valence electrons. The molecule has 0 saturated carbocycles. The van der Waals surface area contributed by atoms with E-state index in [9.17, 15) is 0 Å². The zero-order chi connectivity index (χ0) is 0. The van der Waals surface area contributed by atoms with E-state index in [1.165, 1.54) is 0 Å². The van der Waals surface area contributed by atoms with Crippen LogP contribution in [0, 0.1) is 0 Å². The summed E-state index contributed by atoms with van der Waals surface area (Å²) in [6, 6.07) is 0. The molecule has 0 heterocycles. The molecule has 0 bridgehead atoms. The van der Waals surface area contributed by atoms with Crippen LogP contribution in [0.4, 0.5) is 0 Å². The Morgan fingerprint density at radius 1 is 1.00 bits per heavy atom. The van der Waals surface area contributed by atoms with Gasteiger partial charge in [0.15, 0.2) is 0 Å². The van der Waals surface area contributed by atoms with Gasteiger partial charge in [-0.3, -0.25) is 0 Å². The van der Waals surface area contributed by atoms with E-state index in [2.05, 4.69) is 0 Å². The third-order valence-corrected chi connectivity index (χ3v) is 0. The fraction of sp³-hybridized carbons (Fsp3) is 0. The van der Waals surface area contributed by atoms with Crippen LogP contribution >= 0.6 is 0 Å². The molecule has 0 aromatic heterocycles. The number of hydrogen-bond donors (Lipinski definition) is 0. The summed E-state index contributed by atoms with van der Waals surface area (Å²) in [6.45, 7) is 0. The Kier molecular flexibility index (Phi) is 132. The first-order valence-electron chi connectivity index (χ1n) is 0. The zero-order valence-corrected chi connectivity index (χ0v) is 8.82. The third kappa shape index (κ3) is 8.82. The van der Waals surface area contributed by atoms with Gasteiger partial charge in [0.2, 0.25) is 0 Å². The topological polar surface area (TPSA) is 0 Å². The van der Waals surface area contributed by atoms with E-state index in [0.29, 0.717) is 0 Å². The Morgan fingerprint density at radius 2 is 1.00 bits per heavy atom. The normalized spacial score (nSPS) is 0. The Morgan fingerprint density at radius 3 is 1.00 bits per heavy atom. The molecule has 0 aromatic carbocycles. The molecule has 0 N–H and O–H groups in total. The van der Waals surface area contributed by atoms with Gasteiger partial charge >= 0.3 is 0 Å². The average molecular weight is 261 g/mol. The molecule has 0 fully saturated rings. The summed E-state index contributed by atoms with van der Waals surface area (Å²) in [5.74, 6) is 0. The summed E-state index contributed by atoms with van der Waals surface area (Å²) in [5, 5.41) is 0. The second-order valence-corrected chi connectivity index (χ2v) is 0. The Hall–Kier alpha value is 2.65. The van der Waals surface area contributed by atoms with Crippen molar-refractivity contribution in [2.45, 2.75) is 0 Å². The van der Waals surface area contributed by atoms with Crippen LogP contribution in [0.5, 0.6) is 0 Å². The first-order chi connectivity index (χ1) is 0. The van der Waals surface area contributed by atoms with Crippen molar-refractivity contribution in [2.24, 2.45) is 0 Å². The molecule has 0 spiro atoms. The maximum Gasteiger partial charge on any atom is 0 e. The minimum Gasteiger partial charge on any atom is 0 e. The van der Waals surface area contributed by atoms with Gasteiger partial charge in [-0.25, -0.2) is 0 Å². The predicted octanol–water partition coefficient (Wildman–Crippen LogP) is -0.388. The van der Waals surface area contributed by atoms with Crippen LogP contribution in [0.2, 0.25) is 0 Å². The largest absolute Gasteiger partial charge is 0 e. The van der Waals surface area contributed by atoms with Crippen LogP contribution in [0.15, 0.2) is 0 Å². The van der Waals surface area contributed by atoms with Crippen molar-refractivity contribution in [1.82, 2.24) is 0 Å². The number of rotatable bonds is 0. The Labute approximate surface area is 80.8 Å². The summed E-state index contributed by atoms with van der Waals surface area (Å²) in [5.41, 5.74) is 0. The summed E-state index contributed by atoms with van der Waals surface area (Å²) < 4.78 is 0. The molecule has 0 aliphatic carbocycles. The molecule has 0 aliphatic rings. The molecule has 0 nitrogen and oxygen atoms in total. The van der Waals surface area contributed by atoms with E-state index in [0.717, 1.165) is 0 Å². The molecule has 0 saturated heterocycles. The van der Waals surface area contributed by atoms with E-state index in [-0.39, 0.29) is 82.0 Å². The SMILES string of the molecule is [Ag].[Cu].[Mg].[Zn]. The van der Waals surface area contributed by atoms with Crippen molar-refractivity contribution in [3.8, 4) is 0 Å². The second kappa shape index (κ2) is 17.4. The molecule has 4 heteroatoms. The molecule has 0 aromatic rings. The van der Waals surface area contributed by atoms with E-state index in [1.807, 2.05) is 0 Å². The maximum atomic E-state index is 0. The predicted molar refractivity (Wildman–Crippen MR) is 5.75 cm³/mol. The maximum absolute atomic E-state index is 0. The average Bonchev–Trinajstić information content (AvgIpc) is 0. The summed E-state index contributed by atoms with van der Waals surface area (Å²) in [6.07, 6.45) is 0. The Bertz CT molecular complexity index is 8.00. The van der Waals surface area contributed by atoms with Crippen LogP contribution in [-0.4, -0.2) is 23.1 Å². The van der Waals surface area contributed by atoms with Gasteiger partial charge in [-0.05, 0) is 0 Å². The molecule has 0 atom stereocenters. The van der Waals surface area contributed by atoms with Crippen molar-refractivity contribution in [3.05, 3.63) is 0 Å². The molecule has 0 rings (SSSR count). The van der Waals surface area contributed by atoms with Gasteiger partial charge in [-0.15, -0.1) is 0 Å².